The Labute approximate surface area is 203 Å². The van der Waals surface area contributed by atoms with Crippen molar-refractivity contribution in [3.05, 3.63) is 75.2 Å². The van der Waals surface area contributed by atoms with E-state index in [1.165, 1.54) is 23.8 Å². The highest BCUT2D eigenvalue weighted by atomic mass is 32.1. The van der Waals surface area contributed by atoms with Gasteiger partial charge in [0.15, 0.2) is 6.61 Å². The number of nitrogens with one attached hydrogen (secondary N) is 1. The summed E-state index contributed by atoms with van der Waals surface area (Å²) in [4.78, 5) is 37.6. The average molecular weight is 483 g/mol. The van der Waals surface area contributed by atoms with E-state index in [1.54, 1.807) is 7.11 Å². The van der Waals surface area contributed by atoms with Crippen molar-refractivity contribution in [2.75, 3.05) is 13.7 Å². The van der Waals surface area contributed by atoms with Crippen molar-refractivity contribution in [1.29, 1.82) is 0 Å². The molecule has 3 rings (SSSR count). The van der Waals surface area contributed by atoms with Crippen LogP contribution in [0.2, 0.25) is 0 Å². The van der Waals surface area contributed by atoms with E-state index < -0.39 is 12.0 Å². The number of rotatable bonds is 11. The zero-order valence-electron chi connectivity index (χ0n) is 19.9. The second-order valence-electron chi connectivity index (χ2n) is 8.09. The van der Waals surface area contributed by atoms with Gasteiger partial charge in [0.1, 0.15) is 5.75 Å². The molecule has 1 unspecified atom stereocenters. The summed E-state index contributed by atoms with van der Waals surface area (Å²) in [6.45, 7) is 5.66. The number of benzene rings is 1. The quantitative estimate of drug-likeness (QED) is 0.323. The van der Waals surface area contributed by atoms with Gasteiger partial charge in [-0.25, -0.2) is 0 Å². The number of ether oxygens (including phenoxy) is 2. The molecule has 1 aromatic carbocycles. The Morgan fingerprint density at radius 2 is 1.85 bits per heavy atom. The van der Waals surface area contributed by atoms with Gasteiger partial charge in [0.05, 0.1) is 19.6 Å². The molecule has 0 aliphatic heterocycles. The van der Waals surface area contributed by atoms with Crippen molar-refractivity contribution in [3.8, 4) is 5.75 Å². The van der Waals surface area contributed by atoms with Crippen LogP contribution in [0.15, 0.2) is 47.8 Å². The van der Waals surface area contributed by atoms with Gasteiger partial charge in [-0.05, 0) is 55.5 Å². The molecule has 8 heteroatoms. The summed E-state index contributed by atoms with van der Waals surface area (Å²) in [5, 5.41) is 4.64. The smallest absolute Gasteiger partial charge is 0.308 e. The standard InChI is InChI=1S/C26H30N2O5S/c1-17-14-22(18(2)28(17)12-11-20-7-9-21(32-4)10-8-20)24(30)16-33-26(31)15-23(27-19(3)29)25-6-5-13-34-25/h5-10,13-14,23H,11-12,15-16H2,1-4H3,(H,27,29). The van der Waals surface area contributed by atoms with E-state index in [2.05, 4.69) is 9.88 Å². The van der Waals surface area contributed by atoms with Crippen LogP contribution in [0.25, 0.3) is 0 Å². The maximum absolute atomic E-state index is 12.8. The summed E-state index contributed by atoms with van der Waals surface area (Å²) in [5.41, 5.74) is 3.55. The summed E-state index contributed by atoms with van der Waals surface area (Å²) < 4.78 is 12.6. The third kappa shape index (κ3) is 6.57. The second-order valence-corrected chi connectivity index (χ2v) is 9.07. The number of nitrogens with zero attached hydrogens (tertiary/aromatic N) is 1. The number of methoxy groups -OCH3 is 1. The van der Waals surface area contributed by atoms with Crippen LogP contribution in [0.1, 0.15) is 51.6 Å². The summed E-state index contributed by atoms with van der Waals surface area (Å²) in [7, 11) is 1.64. The Morgan fingerprint density at radius 1 is 1.12 bits per heavy atom. The first-order chi connectivity index (χ1) is 16.3. The van der Waals surface area contributed by atoms with E-state index in [4.69, 9.17) is 9.47 Å². The van der Waals surface area contributed by atoms with Crippen LogP contribution >= 0.6 is 11.3 Å². The number of amides is 1. The maximum atomic E-state index is 12.8. The lowest BCUT2D eigenvalue weighted by Crippen LogP contribution is -2.28. The van der Waals surface area contributed by atoms with Crippen molar-refractivity contribution in [2.45, 2.75) is 46.2 Å². The zero-order chi connectivity index (χ0) is 24.7. The van der Waals surface area contributed by atoms with Gasteiger partial charge in [0.2, 0.25) is 11.7 Å². The number of thiophene rings is 1. The first-order valence-corrected chi connectivity index (χ1v) is 12.0. The van der Waals surface area contributed by atoms with Gasteiger partial charge in [-0.15, -0.1) is 11.3 Å². The molecule has 0 radical (unpaired) electrons. The van der Waals surface area contributed by atoms with Gasteiger partial charge >= 0.3 is 5.97 Å². The molecule has 180 valence electrons. The topological polar surface area (TPSA) is 86.6 Å². The largest absolute Gasteiger partial charge is 0.497 e. The first-order valence-electron chi connectivity index (χ1n) is 11.1. The highest BCUT2D eigenvalue weighted by molar-refractivity contribution is 7.10. The Kier molecular flexibility index (Phi) is 8.65. The number of ketones is 1. The predicted molar refractivity (Wildman–Crippen MR) is 131 cm³/mol. The number of Topliss-reactive ketones (excluding diaryl/α,β-unsaturated/α-hetero) is 1. The lowest BCUT2D eigenvalue weighted by molar-refractivity contribution is -0.143. The maximum Gasteiger partial charge on any atom is 0.308 e. The van der Waals surface area contributed by atoms with Crippen LogP contribution in [0, 0.1) is 13.8 Å². The number of carbonyl (C=O) groups is 3. The Morgan fingerprint density at radius 3 is 2.47 bits per heavy atom. The predicted octanol–water partition coefficient (Wildman–Crippen LogP) is 4.41. The van der Waals surface area contributed by atoms with Crippen LogP contribution in [0.3, 0.4) is 0 Å². The van der Waals surface area contributed by atoms with E-state index >= 15 is 0 Å². The highest BCUT2D eigenvalue weighted by Crippen LogP contribution is 2.23. The van der Waals surface area contributed by atoms with Gasteiger partial charge in [-0.1, -0.05) is 18.2 Å². The molecule has 1 atom stereocenters. The Balaban J connectivity index is 1.58. The van der Waals surface area contributed by atoms with Crippen LogP contribution < -0.4 is 10.1 Å². The number of hydrogen-bond acceptors (Lipinski definition) is 6. The molecule has 0 spiro atoms. The minimum atomic E-state index is -0.534. The fourth-order valence-corrected chi connectivity index (χ4v) is 4.65. The van der Waals surface area contributed by atoms with E-state index in [0.717, 1.165) is 35.0 Å². The van der Waals surface area contributed by atoms with Crippen LogP contribution in [-0.4, -0.2) is 35.9 Å². The number of esters is 1. The average Bonchev–Trinajstić information content (AvgIpc) is 3.44. The van der Waals surface area contributed by atoms with Crippen molar-refractivity contribution >= 4 is 29.0 Å². The molecule has 3 aromatic rings. The zero-order valence-corrected chi connectivity index (χ0v) is 20.7. The fraction of sp³-hybridized carbons (Fsp3) is 0.346. The van der Waals surface area contributed by atoms with Crippen LogP contribution in [-0.2, 0) is 27.3 Å². The van der Waals surface area contributed by atoms with Crippen molar-refractivity contribution in [1.82, 2.24) is 9.88 Å². The summed E-state index contributed by atoms with van der Waals surface area (Å²) in [6, 6.07) is 13.0. The van der Waals surface area contributed by atoms with E-state index in [9.17, 15) is 14.4 Å². The number of aryl methyl sites for hydroxylation is 2. The molecule has 0 saturated carbocycles. The Bertz CT molecular complexity index is 1130. The summed E-state index contributed by atoms with van der Waals surface area (Å²) in [6.07, 6.45) is 0.782. The van der Waals surface area contributed by atoms with Gasteiger partial charge in [-0.2, -0.15) is 0 Å². The molecule has 0 aliphatic carbocycles. The third-order valence-electron chi connectivity index (χ3n) is 5.66. The fourth-order valence-electron chi connectivity index (χ4n) is 3.87. The van der Waals surface area contributed by atoms with Crippen LogP contribution in [0.5, 0.6) is 5.75 Å². The van der Waals surface area contributed by atoms with Crippen molar-refractivity contribution in [3.63, 3.8) is 0 Å². The van der Waals surface area contributed by atoms with E-state index in [1.807, 2.05) is 61.7 Å². The Hall–Kier alpha value is -3.39. The van der Waals surface area contributed by atoms with Crippen LogP contribution in [0.4, 0.5) is 0 Å². The first kappa shape index (κ1) is 25.2. The molecular weight excluding hydrogens is 452 g/mol. The molecular formula is C26H30N2O5S. The SMILES string of the molecule is COc1ccc(CCn2c(C)cc(C(=O)COC(=O)CC(NC(C)=O)c3cccs3)c2C)cc1. The lowest BCUT2D eigenvalue weighted by Gasteiger charge is -2.15. The molecule has 7 nitrogen and oxygen atoms in total. The normalized spacial score (nSPS) is 11.6. The minimum Gasteiger partial charge on any atom is -0.497 e. The summed E-state index contributed by atoms with van der Waals surface area (Å²) >= 11 is 1.45. The molecule has 0 bridgehead atoms. The summed E-state index contributed by atoms with van der Waals surface area (Å²) in [5.74, 6) is -0.194. The van der Waals surface area contributed by atoms with Gasteiger partial charge < -0.3 is 19.4 Å². The van der Waals surface area contributed by atoms with Gasteiger partial charge in [-0.3, -0.25) is 14.4 Å². The van der Waals surface area contributed by atoms with Gasteiger partial charge in [0, 0.05) is 35.3 Å². The van der Waals surface area contributed by atoms with E-state index in [0.29, 0.717) is 5.56 Å². The van der Waals surface area contributed by atoms with Crippen molar-refractivity contribution in [2.24, 2.45) is 0 Å². The minimum absolute atomic E-state index is 0.0335. The van der Waals surface area contributed by atoms with Crippen molar-refractivity contribution < 1.29 is 23.9 Å². The molecule has 0 fully saturated rings. The molecule has 2 heterocycles. The monoisotopic (exact) mass is 482 g/mol. The highest BCUT2D eigenvalue weighted by Gasteiger charge is 2.21. The molecule has 34 heavy (non-hydrogen) atoms. The molecule has 1 N–H and O–H groups in total. The molecule has 0 aliphatic rings. The lowest BCUT2D eigenvalue weighted by atomic mass is 10.1. The second kappa shape index (κ2) is 11.7. The molecule has 1 amide bonds. The number of hydrogen-bond donors (Lipinski definition) is 1. The number of carbonyl (C=O) groups excluding carboxylic acids is 3. The number of aromatic nitrogens is 1. The van der Waals surface area contributed by atoms with Gasteiger partial charge in [0.25, 0.3) is 0 Å². The van der Waals surface area contributed by atoms with E-state index in [-0.39, 0.29) is 24.7 Å². The molecule has 2 aromatic heterocycles. The molecule has 0 saturated heterocycles. The third-order valence-corrected chi connectivity index (χ3v) is 6.64.